The molecule has 98 valence electrons. The van der Waals surface area contributed by atoms with E-state index in [-0.39, 0.29) is 0 Å². The van der Waals surface area contributed by atoms with Gasteiger partial charge in [-0.2, -0.15) is 11.8 Å². The van der Waals surface area contributed by atoms with Crippen LogP contribution in [0, 0.1) is 6.92 Å². The van der Waals surface area contributed by atoms with E-state index in [0.717, 1.165) is 12.3 Å². The number of benzene rings is 2. The highest BCUT2D eigenvalue weighted by Gasteiger charge is 2.19. The van der Waals surface area contributed by atoms with Gasteiger partial charge in [0, 0.05) is 24.1 Å². The molecule has 0 aliphatic carbocycles. The van der Waals surface area contributed by atoms with Gasteiger partial charge in [-0.1, -0.05) is 48.5 Å². The monoisotopic (exact) mass is 269 g/mol. The van der Waals surface area contributed by atoms with Crippen LogP contribution in [0.5, 0.6) is 0 Å². The Morgan fingerprint density at radius 1 is 1.11 bits per heavy atom. The third-order valence-corrected chi connectivity index (χ3v) is 4.86. The van der Waals surface area contributed by atoms with Gasteiger partial charge < -0.3 is 5.32 Å². The maximum atomic E-state index is 3.71. The van der Waals surface area contributed by atoms with Crippen LogP contribution in [0.1, 0.15) is 28.3 Å². The molecule has 0 amide bonds. The van der Waals surface area contributed by atoms with Crippen LogP contribution >= 0.6 is 11.8 Å². The lowest BCUT2D eigenvalue weighted by atomic mass is 10.0. The molecule has 0 radical (unpaired) electrons. The molecule has 0 fully saturated rings. The van der Waals surface area contributed by atoms with Gasteiger partial charge in [0.15, 0.2) is 0 Å². The lowest BCUT2D eigenvalue weighted by molar-refractivity contribution is 0.574. The van der Waals surface area contributed by atoms with E-state index in [1.54, 1.807) is 0 Å². The van der Waals surface area contributed by atoms with E-state index in [1.165, 1.54) is 28.0 Å². The standard InChI is InChI=1S/C17H19NS/c1-13-6-2-3-7-14(13)10-18-17-12-19-11-15-8-4-5-9-16(15)17/h2-9,17-18H,10-12H2,1H3. The second kappa shape index (κ2) is 5.81. The normalized spacial score (nSPS) is 18.1. The van der Waals surface area contributed by atoms with Crippen LogP contribution in [0.2, 0.25) is 0 Å². The fourth-order valence-corrected chi connectivity index (χ4v) is 3.73. The van der Waals surface area contributed by atoms with Gasteiger partial charge in [-0.05, 0) is 29.2 Å². The van der Waals surface area contributed by atoms with Gasteiger partial charge in [-0.15, -0.1) is 0 Å². The average Bonchev–Trinajstić information content (AvgIpc) is 2.46. The number of nitrogens with one attached hydrogen (secondary N) is 1. The number of rotatable bonds is 3. The third kappa shape index (κ3) is 2.85. The molecule has 19 heavy (non-hydrogen) atoms. The van der Waals surface area contributed by atoms with Gasteiger partial charge in [0.2, 0.25) is 0 Å². The van der Waals surface area contributed by atoms with Crippen molar-refractivity contribution in [3.05, 3.63) is 70.8 Å². The minimum atomic E-state index is 0.481. The Labute approximate surface area is 119 Å². The fourth-order valence-electron chi connectivity index (χ4n) is 2.59. The smallest absolute Gasteiger partial charge is 0.0417 e. The predicted molar refractivity (Wildman–Crippen MR) is 83.4 cm³/mol. The Bertz CT molecular complexity index is 565. The second-order valence-electron chi connectivity index (χ2n) is 5.07. The van der Waals surface area contributed by atoms with Crippen molar-refractivity contribution < 1.29 is 0 Å². The number of thioether (sulfide) groups is 1. The van der Waals surface area contributed by atoms with E-state index in [1.807, 2.05) is 11.8 Å². The molecule has 1 unspecified atom stereocenters. The topological polar surface area (TPSA) is 12.0 Å². The minimum absolute atomic E-state index is 0.481. The van der Waals surface area contributed by atoms with Crippen molar-refractivity contribution in [2.24, 2.45) is 0 Å². The fraction of sp³-hybridized carbons (Fsp3) is 0.294. The van der Waals surface area contributed by atoms with Crippen LogP contribution in [0.3, 0.4) is 0 Å². The summed E-state index contributed by atoms with van der Waals surface area (Å²) in [7, 11) is 0. The zero-order chi connectivity index (χ0) is 13.1. The summed E-state index contributed by atoms with van der Waals surface area (Å²) in [5.74, 6) is 2.32. The first-order valence-corrected chi connectivity index (χ1v) is 7.93. The highest BCUT2D eigenvalue weighted by Crippen LogP contribution is 2.31. The minimum Gasteiger partial charge on any atom is -0.305 e. The zero-order valence-electron chi connectivity index (χ0n) is 11.2. The lowest BCUT2D eigenvalue weighted by Crippen LogP contribution is -2.26. The van der Waals surface area contributed by atoms with Crippen molar-refractivity contribution in [2.75, 3.05) is 5.75 Å². The van der Waals surface area contributed by atoms with E-state index in [0.29, 0.717) is 6.04 Å². The van der Waals surface area contributed by atoms with Gasteiger partial charge in [-0.25, -0.2) is 0 Å². The molecule has 2 aromatic carbocycles. The molecule has 2 aromatic rings. The van der Waals surface area contributed by atoms with Crippen LogP contribution in [-0.4, -0.2) is 5.75 Å². The number of hydrogen-bond donors (Lipinski definition) is 1. The Morgan fingerprint density at radius 2 is 1.89 bits per heavy atom. The van der Waals surface area contributed by atoms with Crippen LogP contribution in [0.4, 0.5) is 0 Å². The van der Waals surface area contributed by atoms with E-state index in [2.05, 4.69) is 60.8 Å². The van der Waals surface area contributed by atoms with Crippen LogP contribution in [0.25, 0.3) is 0 Å². The summed E-state index contributed by atoms with van der Waals surface area (Å²) in [6.07, 6.45) is 0. The number of hydrogen-bond acceptors (Lipinski definition) is 2. The van der Waals surface area contributed by atoms with E-state index in [4.69, 9.17) is 0 Å². The molecular formula is C17H19NS. The molecule has 2 heteroatoms. The molecule has 1 atom stereocenters. The Kier molecular flexibility index (Phi) is 3.90. The van der Waals surface area contributed by atoms with Crippen molar-refractivity contribution >= 4 is 11.8 Å². The van der Waals surface area contributed by atoms with E-state index in [9.17, 15) is 0 Å². The molecule has 1 N–H and O–H groups in total. The quantitative estimate of drug-likeness (QED) is 0.901. The molecule has 3 rings (SSSR count). The van der Waals surface area contributed by atoms with Crippen LogP contribution in [-0.2, 0) is 12.3 Å². The first-order valence-electron chi connectivity index (χ1n) is 6.78. The SMILES string of the molecule is Cc1ccccc1CNC1CSCc2ccccc21. The lowest BCUT2D eigenvalue weighted by Gasteiger charge is -2.26. The summed E-state index contributed by atoms with van der Waals surface area (Å²) < 4.78 is 0. The Morgan fingerprint density at radius 3 is 2.79 bits per heavy atom. The first kappa shape index (κ1) is 12.8. The van der Waals surface area contributed by atoms with Gasteiger partial charge in [0.1, 0.15) is 0 Å². The van der Waals surface area contributed by atoms with Crippen molar-refractivity contribution in [2.45, 2.75) is 25.3 Å². The van der Waals surface area contributed by atoms with Gasteiger partial charge in [0.05, 0.1) is 0 Å². The molecule has 0 spiro atoms. The van der Waals surface area contributed by atoms with Crippen molar-refractivity contribution in [3.63, 3.8) is 0 Å². The molecule has 1 aliphatic rings. The van der Waals surface area contributed by atoms with E-state index >= 15 is 0 Å². The molecule has 1 aliphatic heterocycles. The summed E-state index contributed by atoms with van der Waals surface area (Å²) in [6, 6.07) is 17.9. The highest BCUT2D eigenvalue weighted by atomic mass is 32.2. The van der Waals surface area contributed by atoms with Crippen LogP contribution < -0.4 is 5.32 Å². The van der Waals surface area contributed by atoms with Crippen LogP contribution in [0.15, 0.2) is 48.5 Å². The maximum Gasteiger partial charge on any atom is 0.0417 e. The summed E-state index contributed by atoms with van der Waals surface area (Å²) in [5.41, 5.74) is 5.73. The largest absolute Gasteiger partial charge is 0.305 e. The van der Waals surface area contributed by atoms with Gasteiger partial charge in [-0.3, -0.25) is 0 Å². The van der Waals surface area contributed by atoms with Crippen molar-refractivity contribution in [1.82, 2.24) is 5.32 Å². The van der Waals surface area contributed by atoms with Crippen molar-refractivity contribution in [1.29, 1.82) is 0 Å². The summed E-state index contributed by atoms with van der Waals surface area (Å²) >= 11 is 2.02. The maximum absolute atomic E-state index is 3.71. The van der Waals surface area contributed by atoms with Gasteiger partial charge >= 0.3 is 0 Å². The first-order chi connectivity index (χ1) is 9.34. The van der Waals surface area contributed by atoms with Crippen molar-refractivity contribution in [3.8, 4) is 0 Å². The molecule has 1 heterocycles. The third-order valence-electron chi connectivity index (χ3n) is 3.77. The molecular weight excluding hydrogens is 250 g/mol. The number of fused-ring (bicyclic) bond motifs is 1. The van der Waals surface area contributed by atoms with Gasteiger partial charge in [0.25, 0.3) is 0 Å². The summed E-state index contributed by atoms with van der Waals surface area (Å²) in [6.45, 7) is 3.13. The second-order valence-corrected chi connectivity index (χ2v) is 6.10. The number of aryl methyl sites for hydroxylation is 1. The molecule has 0 saturated heterocycles. The highest BCUT2D eigenvalue weighted by molar-refractivity contribution is 7.98. The molecule has 0 aromatic heterocycles. The molecule has 0 saturated carbocycles. The molecule has 1 nitrogen and oxygen atoms in total. The summed E-state index contributed by atoms with van der Waals surface area (Å²) in [4.78, 5) is 0. The average molecular weight is 269 g/mol. The molecule has 0 bridgehead atoms. The Balaban J connectivity index is 1.73. The Hall–Kier alpha value is -1.25. The van der Waals surface area contributed by atoms with E-state index < -0.39 is 0 Å². The zero-order valence-corrected chi connectivity index (χ0v) is 12.0. The predicted octanol–water partition coefficient (Wildman–Crippen LogP) is 4.07. The summed E-state index contributed by atoms with van der Waals surface area (Å²) in [5, 5.41) is 3.71.